The standard InChI is InChI=1S/C17H15N5O3/c1-11-7-15(17(24)25-2)20-22(11)6-5-21-10-19-14-8-12(9-18)3-4-13(14)16(21)23/h3-4,7-8,10H,5-6H2,1-2H3. The van der Waals surface area contributed by atoms with Crippen LogP contribution in [0, 0.1) is 18.3 Å². The number of carbonyl (C=O) groups is 1. The summed E-state index contributed by atoms with van der Waals surface area (Å²) in [6.45, 7) is 2.58. The second-order valence-electron chi connectivity index (χ2n) is 5.47. The first-order valence-electron chi connectivity index (χ1n) is 7.55. The predicted octanol–water partition coefficient (Wildman–Crippen LogP) is 1.26. The number of aromatic nitrogens is 4. The van der Waals surface area contributed by atoms with Crippen molar-refractivity contribution in [2.24, 2.45) is 0 Å². The van der Waals surface area contributed by atoms with E-state index in [4.69, 9.17) is 5.26 Å². The van der Waals surface area contributed by atoms with Gasteiger partial charge in [-0.2, -0.15) is 10.4 Å². The summed E-state index contributed by atoms with van der Waals surface area (Å²) in [5, 5.41) is 13.5. The van der Waals surface area contributed by atoms with Crippen molar-refractivity contribution in [2.45, 2.75) is 20.0 Å². The van der Waals surface area contributed by atoms with Gasteiger partial charge in [0.25, 0.3) is 5.56 Å². The van der Waals surface area contributed by atoms with Crippen LogP contribution in [0.25, 0.3) is 10.9 Å². The van der Waals surface area contributed by atoms with Crippen LogP contribution >= 0.6 is 0 Å². The van der Waals surface area contributed by atoms with Crippen molar-refractivity contribution in [3.8, 4) is 6.07 Å². The molecule has 0 fully saturated rings. The van der Waals surface area contributed by atoms with E-state index in [9.17, 15) is 9.59 Å². The molecule has 0 unspecified atom stereocenters. The molecule has 25 heavy (non-hydrogen) atoms. The van der Waals surface area contributed by atoms with E-state index >= 15 is 0 Å². The maximum Gasteiger partial charge on any atom is 0.358 e. The van der Waals surface area contributed by atoms with Gasteiger partial charge >= 0.3 is 5.97 Å². The Kier molecular flexibility index (Phi) is 4.31. The molecule has 3 rings (SSSR count). The molecular formula is C17H15N5O3. The van der Waals surface area contributed by atoms with E-state index in [1.807, 2.05) is 13.0 Å². The molecule has 0 N–H and O–H groups in total. The van der Waals surface area contributed by atoms with E-state index in [1.54, 1.807) is 28.9 Å². The molecule has 0 aliphatic rings. The van der Waals surface area contributed by atoms with Gasteiger partial charge in [-0.25, -0.2) is 9.78 Å². The molecule has 2 heterocycles. The monoisotopic (exact) mass is 337 g/mol. The molecule has 3 aromatic rings. The topological polar surface area (TPSA) is 103 Å². The van der Waals surface area contributed by atoms with Crippen molar-refractivity contribution in [1.29, 1.82) is 5.26 Å². The Bertz CT molecular complexity index is 1060. The Hall–Kier alpha value is -3.47. The van der Waals surface area contributed by atoms with Gasteiger partial charge in [0.05, 0.1) is 42.5 Å². The number of esters is 1. The first-order valence-corrected chi connectivity index (χ1v) is 7.55. The smallest absolute Gasteiger partial charge is 0.358 e. The number of hydrogen-bond acceptors (Lipinski definition) is 6. The third kappa shape index (κ3) is 3.12. The first kappa shape index (κ1) is 16.4. The van der Waals surface area contributed by atoms with Gasteiger partial charge in [-0.05, 0) is 31.2 Å². The third-order valence-electron chi connectivity index (χ3n) is 3.88. The van der Waals surface area contributed by atoms with Crippen molar-refractivity contribution in [3.05, 3.63) is 57.9 Å². The number of aryl methyl sites for hydroxylation is 3. The molecule has 0 radical (unpaired) electrons. The molecule has 0 spiro atoms. The lowest BCUT2D eigenvalue weighted by Crippen LogP contribution is -2.23. The summed E-state index contributed by atoms with van der Waals surface area (Å²) in [6, 6.07) is 8.44. The highest BCUT2D eigenvalue weighted by atomic mass is 16.5. The molecule has 8 heteroatoms. The highest BCUT2D eigenvalue weighted by Gasteiger charge is 2.12. The second-order valence-corrected chi connectivity index (χ2v) is 5.47. The Morgan fingerprint density at radius 1 is 1.32 bits per heavy atom. The number of carbonyl (C=O) groups excluding carboxylic acids is 1. The number of fused-ring (bicyclic) bond motifs is 1. The summed E-state index contributed by atoms with van der Waals surface area (Å²) in [5.41, 5.74) is 1.78. The van der Waals surface area contributed by atoms with E-state index in [-0.39, 0.29) is 11.3 Å². The first-order chi connectivity index (χ1) is 12.0. The molecule has 2 aromatic heterocycles. The van der Waals surface area contributed by atoms with E-state index in [0.717, 1.165) is 5.69 Å². The molecule has 0 amide bonds. The number of nitrogens with zero attached hydrogens (tertiary/aromatic N) is 5. The van der Waals surface area contributed by atoms with Gasteiger partial charge < -0.3 is 4.74 Å². The number of benzene rings is 1. The molecule has 0 saturated carbocycles. The largest absolute Gasteiger partial charge is 0.464 e. The lowest BCUT2D eigenvalue weighted by Gasteiger charge is -2.08. The Balaban J connectivity index is 1.86. The summed E-state index contributed by atoms with van der Waals surface area (Å²) in [4.78, 5) is 28.3. The van der Waals surface area contributed by atoms with Crippen LogP contribution in [0.4, 0.5) is 0 Å². The Morgan fingerprint density at radius 2 is 2.12 bits per heavy atom. The maximum atomic E-state index is 12.5. The zero-order valence-corrected chi connectivity index (χ0v) is 13.8. The fourth-order valence-electron chi connectivity index (χ4n) is 2.53. The minimum atomic E-state index is -0.500. The number of hydrogen-bond donors (Lipinski definition) is 0. The van der Waals surface area contributed by atoms with Crippen LogP contribution in [0.2, 0.25) is 0 Å². The SMILES string of the molecule is COC(=O)c1cc(C)n(CCn2cnc3cc(C#N)ccc3c2=O)n1. The van der Waals surface area contributed by atoms with Crippen LogP contribution in [0.1, 0.15) is 21.7 Å². The van der Waals surface area contributed by atoms with Crippen molar-refractivity contribution < 1.29 is 9.53 Å². The highest BCUT2D eigenvalue weighted by molar-refractivity contribution is 5.87. The molecule has 0 aliphatic heterocycles. The Labute approximate surface area is 142 Å². The highest BCUT2D eigenvalue weighted by Crippen LogP contribution is 2.09. The molecule has 8 nitrogen and oxygen atoms in total. The lowest BCUT2D eigenvalue weighted by atomic mass is 10.2. The van der Waals surface area contributed by atoms with E-state index < -0.39 is 5.97 Å². The van der Waals surface area contributed by atoms with Crippen molar-refractivity contribution in [3.63, 3.8) is 0 Å². The molecule has 0 saturated heterocycles. The fraction of sp³-hybridized carbons (Fsp3) is 0.235. The van der Waals surface area contributed by atoms with Crippen LogP contribution in [-0.4, -0.2) is 32.4 Å². The molecular weight excluding hydrogens is 322 g/mol. The quantitative estimate of drug-likeness (QED) is 0.664. The summed E-state index contributed by atoms with van der Waals surface area (Å²) in [6.07, 6.45) is 1.45. The van der Waals surface area contributed by atoms with Gasteiger partial charge in [0, 0.05) is 12.2 Å². The van der Waals surface area contributed by atoms with Crippen LogP contribution < -0.4 is 5.56 Å². The van der Waals surface area contributed by atoms with Gasteiger partial charge in [0.1, 0.15) is 0 Å². The van der Waals surface area contributed by atoms with Crippen molar-refractivity contribution in [2.75, 3.05) is 7.11 Å². The zero-order chi connectivity index (χ0) is 18.0. The lowest BCUT2D eigenvalue weighted by molar-refractivity contribution is 0.0593. The van der Waals surface area contributed by atoms with Crippen molar-refractivity contribution in [1.82, 2.24) is 19.3 Å². The molecule has 0 aliphatic carbocycles. The van der Waals surface area contributed by atoms with Gasteiger partial charge in [-0.3, -0.25) is 14.0 Å². The third-order valence-corrected chi connectivity index (χ3v) is 3.88. The number of nitriles is 1. The average molecular weight is 337 g/mol. The van der Waals surface area contributed by atoms with Gasteiger partial charge in [-0.15, -0.1) is 0 Å². The van der Waals surface area contributed by atoms with Crippen molar-refractivity contribution >= 4 is 16.9 Å². The molecule has 1 aromatic carbocycles. The van der Waals surface area contributed by atoms with Gasteiger partial charge in [0.2, 0.25) is 0 Å². The normalized spacial score (nSPS) is 10.6. The average Bonchev–Trinajstić information content (AvgIpc) is 3.01. The maximum absolute atomic E-state index is 12.5. The Morgan fingerprint density at radius 3 is 2.84 bits per heavy atom. The predicted molar refractivity (Wildman–Crippen MR) is 89.0 cm³/mol. The minimum absolute atomic E-state index is 0.188. The van der Waals surface area contributed by atoms with Crippen LogP contribution in [0.15, 0.2) is 35.4 Å². The van der Waals surface area contributed by atoms with Crippen LogP contribution in [0.5, 0.6) is 0 Å². The van der Waals surface area contributed by atoms with E-state index in [2.05, 4.69) is 14.8 Å². The van der Waals surface area contributed by atoms with E-state index in [0.29, 0.717) is 29.6 Å². The zero-order valence-electron chi connectivity index (χ0n) is 13.8. The summed E-state index contributed by atoms with van der Waals surface area (Å²) in [7, 11) is 1.30. The molecule has 0 atom stereocenters. The summed E-state index contributed by atoms with van der Waals surface area (Å²) in [5.74, 6) is -0.500. The van der Waals surface area contributed by atoms with Crippen LogP contribution in [0.3, 0.4) is 0 Å². The van der Waals surface area contributed by atoms with Gasteiger partial charge in [-0.1, -0.05) is 0 Å². The second kappa shape index (κ2) is 6.57. The number of rotatable bonds is 4. The van der Waals surface area contributed by atoms with E-state index in [1.165, 1.54) is 18.0 Å². The van der Waals surface area contributed by atoms with Gasteiger partial charge in [0.15, 0.2) is 5.69 Å². The number of methoxy groups -OCH3 is 1. The molecule has 0 bridgehead atoms. The fourth-order valence-corrected chi connectivity index (χ4v) is 2.53. The summed E-state index contributed by atoms with van der Waals surface area (Å²) < 4.78 is 7.77. The number of ether oxygens (including phenoxy) is 1. The molecule has 126 valence electrons. The van der Waals surface area contributed by atoms with Crippen LogP contribution in [-0.2, 0) is 17.8 Å². The summed E-state index contributed by atoms with van der Waals surface area (Å²) >= 11 is 0. The minimum Gasteiger partial charge on any atom is -0.464 e.